The van der Waals surface area contributed by atoms with Crippen molar-refractivity contribution in [2.45, 2.75) is 13.8 Å². The Morgan fingerprint density at radius 2 is 1.57 bits per heavy atom. The normalized spacial score (nSPS) is 15.3. The lowest BCUT2D eigenvalue weighted by Gasteiger charge is -2.37. The zero-order valence-electron chi connectivity index (χ0n) is 12.6. The molecule has 21 heavy (non-hydrogen) atoms. The number of piperazine rings is 1. The third-order valence-corrected chi connectivity index (χ3v) is 4.14. The van der Waals surface area contributed by atoms with Gasteiger partial charge in [0, 0.05) is 31.9 Å². The maximum Gasteiger partial charge on any atom is 0.225 e. The minimum atomic E-state index is 0.604. The van der Waals surface area contributed by atoms with Crippen LogP contribution in [0.1, 0.15) is 11.1 Å². The van der Waals surface area contributed by atoms with E-state index in [2.05, 4.69) is 51.8 Å². The summed E-state index contributed by atoms with van der Waals surface area (Å²) in [4.78, 5) is 13.3. The Morgan fingerprint density at radius 3 is 2.24 bits per heavy atom. The van der Waals surface area contributed by atoms with Gasteiger partial charge in [0.15, 0.2) is 0 Å². The topological polar surface area (TPSA) is 58.3 Å². The Bertz CT molecular complexity index is 615. The fourth-order valence-electron chi connectivity index (χ4n) is 2.72. The summed E-state index contributed by atoms with van der Waals surface area (Å²) in [6.07, 6.45) is 3.33. The molecule has 0 saturated carbocycles. The van der Waals surface area contributed by atoms with Crippen molar-refractivity contribution in [3.05, 3.63) is 41.7 Å². The maximum absolute atomic E-state index is 5.63. The second-order valence-corrected chi connectivity index (χ2v) is 5.51. The number of nitrogens with two attached hydrogens (primary N) is 1. The zero-order valence-corrected chi connectivity index (χ0v) is 12.6. The lowest BCUT2D eigenvalue weighted by molar-refractivity contribution is 0.639. The standard InChI is InChI=1S/C16H21N5/c1-12-4-3-5-15(13(12)2)20-6-8-21(9-7-20)16-18-10-14(17)11-19-16/h3-5,10-11H,6-9,17H2,1-2H3. The molecule has 1 aromatic carbocycles. The molecule has 2 heterocycles. The Hall–Kier alpha value is -2.30. The van der Waals surface area contributed by atoms with E-state index in [1.54, 1.807) is 12.4 Å². The molecule has 0 bridgehead atoms. The molecule has 0 spiro atoms. The smallest absolute Gasteiger partial charge is 0.225 e. The van der Waals surface area contributed by atoms with Gasteiger partial charge in [-0.15, -0.1) is 0 Å². The Balaban J connectivity index is 1.70. The molecule has 2 aromatic rings. The van der Waals surface area contributed by atoms with E-state index in [1.165, 1.54) is 16.8 Å². The number of hydrogen-bond donors (Lipinski definition) is 1. The van der Waals surface area contributed by atoms with E-state index in [1.807, 2.05) is 0 Å². The van der Waals surface area contributed by atoms with Gasteiger partial charge < -0.3 is 15.5 Å². The van der Waals surface area contributed by atoms with Crippen molar-refractivity contribution in [3.63, 3.8) is 0 Å². The fourth-order valence-corrected chi connectivity index (χ4v) is 2.72. The van der Waals surface area contributed by atoms with Gasteiger partial charge >= 0.3 is 0 Å². The molecular formula is C16H21N5. The molecule has 0 aliphatic carbocycles. The highest BCUT2D eigenvalue weighted by molar-refractivity contribution is 5.57. The van der Waals surface area contributed by atoms with Crippen molar-refractivity contribution in [1.82, 2.24) is 9.97 Å². The van der Waals surface area contributed by atoms with Crippen molar-refractivity contribution < 1.29 is 0 Å². The number of benzene rings is 1. The van der Waals surface area contributed by atoms with E-state index >= 15 is 0 Å². The Labute approximate surface area is 125 Å². The summed E-state index contributed by atoms with van der Waals surface area (Å²) >= 11 is 0. The van der Waals surface area contributed by atoms with Crippen molar-refractivity contribution in [2.75, 3.05) is 41.7 Å². The van der Waals surface area contributed by atoms with Gasteiger partial charge in [-0.25, -0.2) is 9.97 Å². The molecule has 5 nitrogen and oxygen atoms in total. The van der Waals surface area contributed by atoms with Crippen LogP contribution in [0.25, 0.3) is 0 Å². The number of aryl methyl sites for hydroxylation is 1. The van der Waals surface area contributed by atoms with Crippen LogP contribution in [0.4, 0.5) is 17.3 Å². The Morgan fingerprint density at radius 1 is 0.952 bits per heavy atom. The highest BCUT2D eigenvalue weighted by atomic mass is 15.3. The first kappa shape index (κ1) is 13.7. The average Bonchev–Trinajstić information content (AvgIpc) is 2.51. The monoisotopic (exact) mass is 283 g/mol. The first-order valence-electron chi connectivity index (χ1n) is 7.29. The van der Waals surface area contributed by atoms with Crippen LogP contribution < -0.4 is 15.5 Å². The molecule has 0 atom stereocenters. The highest BCUT2D eigenvalue weighted by Gasteiger charge is 2.20. The van der Waals surface area contributed by atoms with Gasteiger partial charge in [-0.1, -0.05) is 12.1 Å². The number of nitrogens with zero attached hydrogens (tertiary/aromatic N) is 4. The molecule has 0 amide bonds. The number of hydrogen-bond acceptors (Lipinski definition) is 5. The molecule has 2 N–H and O–H groups in total. The van der Waals surface area contributed by atoms with E-state index in [0.29, 0.717) is 5.69 Å². The third-order valence-electron chi connectivity index (χ3n) is 4.14. The summed E-state index contributed by atoms with van der Waals surface area (Å²) in [6.45, 7) is 8.18. The second kappa shape index (κ2) is 5.60. The van der Waals surface area contributed by atoms with Crippen LogP contribution >= 0.6 is 0 Å². The van der Waals surface area contributed by atoms with Gasteiger partial charge in [0.25, 0.3) is 0 Å². The van der Waals surface area contributed by atoms with E-state index in [-0.39, 0.29) is 0 Å². The van der Waals surface area contributed by atoms with E-state index in [9.17, 15) is 0 Å². The predicted octanol–water partition coefficient (Wildman–Crippen LogP) is 2.00. The van der Waals surface area contributed by atoms with Crippen molar-refractivity contribution in [1.29, 1.82) is 0 Å². The van der Waals surface area contributed by atoms with Crippen molar-refractivity contribution in [3.8, 4) is 0 Å². The van der Waals surface area contributed by atoms with E-state index in [4.69, 9.17) is 5.73 Å². The summed E-state index contributed by atoms with van der Waals surface area (Å²) in [5.41, 5.74) is 10.3. The minimum absolute atomic E-state index is 0.604. The molecule has 3 rings (SSSR count). The molecule has 1 saturated heterocycles. The van der Waals surface area contributed by atoms with Crippen LogP contribution in [0.5, 0.6) is 0 Å². The first-order valence-corrected chi connectivity index (χ1v) is 7.29. The van der Waals surface area contributed by atoms with Crippen LogP contribution in [0.15, 0.2) is 30.6 Å². The fraction of sp³-hybridized carbons (Fsp3) is 0.375. The quantitative estimate of drug-likeness (QED) is 0.913. The van der Waals surface area contributed by atoms with E-state index in [0.717, 1.165) is 32.1 Å². The van der Waals surface area contributed by atoms with Crippen molar-refractivity contribution >= 4 is 17.3 Å². The van der Waals surface area contributed by atoms with Crippen molar-refractivity contribution in [2.24, 2.45) is 0 Å². The van der Waals surface area contributed by atoms with Gasteiger partial charge in [0.1, 0.15) is 0 Å². The molecule has 5 heteroatoms. The lowest BCUT2D eigenvalue weighted by atomic mass is 10.1. The van der Waals surface area contributed by atoms with Crippen LogP contribution in [-0.2, 0) is 0 Å². The molecule has 1 fully saturated rings. The largest absolute Gasteiger partial charge is 0.396 e. The average molecular weight is 283 g/mol. The van der Waals surface area contributed by atoms with Gasteiger partial charge in [-0.3, -0.25) is 0 Å². The second-order valence-electron chi connectivity index (χ2n) is 5.51. The summed E-state index contributed by atoms with van der Waals surface area (Å²) in [6, 6.07) is 6.50. The Kier molecular flexibility index (Phi) is 3.64. The van der Waals surface area contributed by atoms with E-state index < -0.39 is 0 Å². The summed E-state index contributed by atoms with van der Waals surface area (Å²) in [5.74, 6) is 0.768. The number of nitrogen functional groups attached to an aromatic ring is 1. The summed E-state index contributed by atoms with van der Waals surface area (Å²) in [7, 11) is 0. The minimum Gasteiger partial charge on any atom is -0.396 e. The molecule has 1 aliphatic heterocycles. The summed E-state index contributed by atoms with van der Waals surface area (Å²) in [5, 5.41) is 0. The third kappa shape index (κ3) is 2.77. The van der Waals surface area contributed by atoms with Crippen LogP contribution in [0, 0.1) is 13.8 Å². The van der Waals surface area contributed by atoms with Crippen LogP contribution in [0.3, 0.4) is 0 Å². The summed E-state index contributed by atoms with van der Waals surface area (Å²) < 4.78 is 0. The maximum atomic E-state index is 5.63. The molecular weight excluding hydrogens is 262 g/mol. The molecule has 1 aliphatic rings. The molecule has 0 unspecified atom stereocenters. The molecule has 1 aromatic heterocycles. The lowest BCUT2D eigenvalue weighted by Crippen LogP contribution is -2.47. The predicted molar refractivity (Wildman–Crippen MR) is 86.8 cm³/mol. The van der Waals surface area contributed by atoms with Crippen LogP contribution in [-0.4, -0.2) is 36.1 Å². The highest BCUT2D eigenvalue weighted by Crippen LogP contribution is 2.24. The SMILES string of the molecule is Cc1cccc(N2CCN(c3ncc(N)cn3)CC2)c1C. The number of aromatic nitrogens is 2. The molecule has 0 radical (unpaired) electrons. The molecule has 110 valence electrons. The van der Waals surface area contributed by atoms with Gasteiger partial charge in [0.2, 0.25) is 5.95 Å². The first-order chi connectivity index (χ1) is 10.1. The van der Waals surface area contributed by atoms with Gasteiger partial charge in [-0.05, 0) is 31.0 Å². The van der Waals surface area contributed by atoms with Crippen LogP contribution in [0.2, 0.25) is 0 Å². The van der Waals surface area contributed by atoms with Gasteiger partial charge in [0.05, 0.1) is 18.1 Å². The number of rotatable bonds is 2. The number of anilines is 3. The zero-order chi connectivity index (χ0) is 14.8. The van der Waals surface area contributed by atoms with Gasteiger partial charge in [-0.2, -0.15) is 0 Å².